The average molecular weight is 452 g/mol. The van der Waals surface area contributed by atoms with Crippen LogP contribution in [0.15, 0.2) is 76.8 Å². The maximum Gasteiger partial charge on any atom is 0.349 e. The molecule has 0 aliphatic carbocycles. The van der Waals surface area contributed by atoms with Crippen molar-refractivity contribution in [3.63, 3.8) is 0 Å². The van der Waals surface area contributed by atoms with E-state index in [1.807, 2.05) is 0 Å². The van der Waals surface area contributed by atoms with Crippen LogP contribution in [0, 0.1) is 5.82 Å². The van der Waals surface area contributed by atoms with E-state index >= 15 is 0 Å². The third-order valence-corrected chi connectivity index (χ3v) is 5.30. The van der Waals surface area contributed by atoms with E-state index in [9.17, 15) is 14.3 Å². The van der Waals surface area contributed by atoms with Crippen LogP contribution in [0.3, 0.4) is 0 Å². The fourth-order valence-corrected chi connectivity index (χ4v) is 3.78. The highest BCUT2D eigenvalue weighted by Crippen LogP contribution is 2.30. The van der Waals surface area contributed by atoms with E-state index in [1.54, 1.807) is 67.0 Å². The molecule has 4 rings (SSSR count). The Balaban J connectivity index is 1.89. The number of aromatic nitrogens is 2. The molecule has 0 aliphatic rings. The van der Waals surface area contributed by atoms with E-state index in [-0.39, 0.29) is 10.6 Å². The van der Waals surface area contributed by atoms with Gasteiger partial charge in [0.25, 0.3) is 5.65 Å². The van der Waals surface area contributed by atoms with Crippen LogP contribution in [-0.4, -0.2) is 17.7 Å². The molecule has 4 aromatic rings. The van der Waals surface area contributed by atoms with Gasteiger partial charge in [-0.3, -0.25) is 0 Å². The molecular weight excluding hydrogens is 433 g/mol. The zero-order chi connectivity index (χ0) is 22.7. The first-order chi connectivity index (χ1) is 15.5. The smallest absolute Gasteiger partial charge is 0.349 e. The van der Waals surface area contributed by atoms with E-state index in [4.69, 9.17) is 11.6 Å². The molecule has 0 unspecified atom stereocenters. The molecule has 2 aromatic carbocycles. The van der Waals surface area contributed by atoms with Gasteiger partial charge in [-0.15, -0.1) is 0 Å². The summed E-state index contributed by atoms with van der Waals surface area (Å²) < 4.78 is 17.4. The lowest BCUT2D eigenvalue weighted by Crippen LogP contribution is -2.44. The standard InChI is InChI=1S/C24H19ClFN3O3/c1-32-27-11-5-13-29-21-8-2-3-12-28(21)23(30)22(24(29)31)17-7-4-6-16(14-17)19-10-9-18(25)15-20(19)26/h2-4,6-12,14-15H,5,13H2,1H3/b27-11+. The molecule has 0 saturated carbocycles. The zero-order valence-electron chi connectivity index (χ0n) is 17.2. The van der Waals surface area contributed by atoms with Gasteiger partial charge in [0.1, 0.15) is 18.5 Å². The van der Waals surface area contributed by atoms with E-state index in [2.05, 4.69) is 9.99 Å². The summed E-state index contributed by atoms with van der Waals surface area (Å²) in [6.07, 6.45) is 3.61. The summed E-state index contributed by atoms with van der Waals surface area (Å²) in [4.78, 5) is 17.9. The molecule has 2 aromatic heterocycles. The zero-order valence-corrected chi connectivity index (χ0v) is 17.9. The van der Waals surface area contributed by atoms with Gasteiger partial charge in [-0.1, -0.05) is 41.0 Å². The number of benzene rings is 2. The number of halogens is 2. The van der Waals surface area contributed by atoms with Crippen LogP contribution in [0.2, 0.25) is 5.02 Å². The lowest BCUT2D eigenvalue weighted by atomic mass is 9.99. The fraction of sp³-hybridized carbons (Fsp3) is 0.125. The quantitative estimate of drug-likeness (QED) is 0.254. The van der Waals surface area contributed by atoms with Crippen LogP contribution >= 0.6 is 11.6 Å². The van der Waals surface area contributed by atoms with Crippen LogP contribution < -0.4 is 15.2 Å². The molecule has 0 aliphatic heterocycles. The summed E-state index contributed by atoms with van der Waals surface area (Å²) in [7, 11) is 1.44. The van der Waals surface area contributed by atoms with E-state index in [0.717, 1.165) is 0 Å². The first-order valence-corrected chi connectivity index (χ1v) is 10.2. The molecule has 6 nitrogen and oxygen atoms in total. The van der Waals surface area contributed by atoms with Crippen LogP contribution in [-0.2, 0) is 11.4 Å². The molecule has 32 heavy (non-hydrogen) atoms. The van der Waals surface area contributed by atoms with Gasteiger partial charge >= 0.3 is 5.56 Å². The second kappa shape index (κ2) is 9.20. The topological polar surface area (TPSA) is 70.0 Å². The Morgan fingerprint density at radius 1 is 1.16 bits per heavy atom. The first-order valence-electron chi connectivity index (χ1n) is 9.86. The van der Waals surface area contributed by atoms with Crippen LogP contribution in [0.5, 0.6) is 5.88 Å². The molecule has 0 amide bonds. The molecule has 0 radical (unpaired) electrons. The highest BCUT2D eigenvalue weighted by molar-refractivity contribution is 6.30. The van der Waals surface area contributed by atoms with Crippen molar-refractivity contribution in [2.45, 2.75) is 13.0 Å². The Hall–Kier alpha value is -3.71. The SMILES string of the molecule is CO/N=C/CC[n+]1c([O-])c(-c2cccc(-c3ccc(Cl)cc3F)c2)c(=O)n2ccccc21. The van der Waals surface area contributed by atoms with Gasteiger partial charge < -0.3 is 9.94 Å². The Labute approximate surface area is 188 Å². The van der Waals surface area contributed by atoms with Crippen molar-refractivity contribution in [1.29, 1.82) is 0 Å². The predicted molar refractivity (Wildman–Crippen MR) is 119 cm³/mol. The van der Waals surface area contributed by atoms with Gasteiger partial charge in [-0.25, -0.2) is 13.8 Å². The number of nitrogens with zero attached hydrogens (tertiary/aromatic N) is 3. The summed E-state index contributed by atoms with van der Waals surface area (Å²) in [5.41, 5.74) is 1.30. The van der Waals surface area contributed by atoms with Gasteiger partial charge in [-0.05, 0) is 41.5 Å². The summed E-state index contributed by atoms with van der Waals surface area (Å²) in [6.45, 7) is 0.304. The summed E-state index contributed by atoms with van der Waals surface area (Å²) in [5.74, 6) is -0.916. The molecule has 0 N–H and O–H groups in total. The predicted octanol–water partition coefficient (Wildman–Crippen LogP) is 3.81. The highest BCUT2D eigenvalue weighted by Gasteiger charge is 2.20. The molecule has 2 heterocycles. The van der Waals surface area contributed by atoms with Crippen molar-refractivity contribution < 1.29 is 18.9 Å². The lowest BCUT2D eigenvalue weighted by molar-refractivity contribution is -0.714. The monoisotopic (exact) mass is 451 g/mol. The Kier molecular flexibility index (Phi) is 6.18. The number of fused-ring (bicyclic) bond motifs is 1. The first kappa shape index (κ1) is 21.5. The Bertz CT molecular complexity index is 1390. The molecule has 0 atom stereocenters. The minimum atomic E-state index is -0.486. The second-order valence-corrected chi connectivity index (χ2v) is 7.47. The molecule has 0 spiro atoms. The van der Waals surface area contributed by atoms with Gasteiger partial charge in [0.05, 0.1) is 18.6 Å². The number of oxime groups is 1. The van der Waals surface area contributed by atoms with Gasteiger partial charge in [0, 0.05) is 29.3 Å². The number of pyridine rings is 1. The highest BCUT2D eigenvalue weighted by atomic mass is 35.5. The van der Waals surface area contributed by atoms with Crippen molar-refractivity contribution in [2.75, 3.05) is 7.11 Å². The van der Waals surface area contributed by atoms with Crippen LogP contribution in [0.4, 0.5) is 4.39 Å². The van der Waals surface area contributed by atoms with Crippen molar-refractivity contribution in [3.8, 4) is 28.1 Å². The second-order valence-electron chi connectivity index (χ2n) is 7.03. The third kappa shape index (κ3) is 4.07. The average Bonchev–Trinajstić information content (AvgIpc) is 2.79. The largest absolute Gasteiger partial charge is 0.842 e. The van der Waals surface area contributed by atoms with Gasteiger partial charge in [0.15, 0.2) is 0 Å². The van der Waals surface area contributed by atoms with Crippen molar-refractivity contribution >= 4 is 23.5 Å². The van der Waals surface area contributed by atoms with E-state index < -0.39 is 17.3 Å². The normalized spacial score (nSPS) is 11.3. The number of rotatable bonds is 6. The molecule has 0 fully saturated rings. The van der Waals surface area contributed by atoms with Gasteiger partial charge in [-0.2, -0.15) is 4.40 Å². The molecule has 8 heteroatoms. The summed E-state index contributed by atoms with van der Waals surface area (Å²) >= 11 is 5.86. The minimum Gasteiger partial charge on any atom is -0.842 e. The number of hydrogen-bond acceptors (Lipinski definition) is 4. The molecule has 0 saturated heterocycles. The Morgan fingerprint density at radius 3 is 2.75 bits per heavy atom. The third-order valence-electron chi connectivity index (χ3n) is 5.06. The van der Waals surface area contributed by atoms with Crippen molar-refractivity contribution in [2.24, 2.45) is 5.16 Å². The van der Waals surface area contributed by atoms with Crippen LogP contribution in [0.25, 0.3) is 27.9 Å². The molecule has 162 valence electrons. The number of hydrogen-bond donors (Lipinski definition) is 0. The lowest BCUT2D eigenvalue weighted by Gasteiger charge is -2.17. The van der Waals surface area contributed by atoms with Gasteiger partial charge in [0.2, 0.25) is 0 Å². The van der Waals surface area contributed by atoms with Crippen molar-refractivity contribution in [1.82, 2.24) is 4.40 Å². The Morgan fingerprint density at radius 2 is 1.97 bits per heavy atom. The van der Waals surface area contributed by atoms with E-state index in [1.165, 1.54) is 22.1 Å². The van der Waals surface area contributed by atoms with Crippen LogP contribution in [0.1, 0.15) is 6.42 Å². The minimum absolute atomic E-state index is 0.00796. The maximum absolute atomic E-state index is 14.5. The number of aryl methyl sites for hydroxylation is 1. The van der Waals surface area contributed by atoms with E-state index in [0.29, 0.717) is 35.3 Å². The molecule has 0 bridgehead atoms. The maximum atomic E-state index is 14.5. The fourth-order valence-electron chi connectivity index (χ4n) is 3.62. The van der Waals surface area contributed by atoms with Crippen molar-refractivity contribution in [3.05, 3.63) is 88.1 Å². The summed E-state index contributed by atoms with van der Waals surface area (Å²) in [6, 6.07) is 16.3. The molecular formula is C24H19ClFN3O3. The summed E-state index contributed by atoms with van der Waals surface area (Å²) in [5, 5.41) is 17.4.